The third-order valence-electron chi connectivity index (χ3n) is 1.52. The van der Waals surface area contributed by atoms with Crippen LogP contribution in [0.15, 0.2) is 6.20 Å². The maximum atomic E-state index is 4.91. The fourth-order valence-corrected chi connectivity index (χ4v) is 1.19. The summed E-state index contributed by atoms with van der Waals surface area (Å²) in [4.78, 5) is 4.18. The molecule has 12 heavy (non-hydrogen) atoms. The van der Waals surface area contributed by atoms with Gasteiger partial charge in [-0.3, -0.25) is 0 Å². The van der Waals surface area contributed by atoms with Crippen LogP contribution in [0, 0.1) is 3.70 Å². The molecule has 0 amide bonds. The Balaban J connectivity index is 2.46. The topological polar surface area (TPSA) is 39.1 Å². The zero-order chi connectivity index (χ0) is 8.97. The van der Waals surface area contributed by atoms with E-state index in [9.17, 15) is 0 Å². The predicted molar refractivity (Wildman–Crippen MR) is 56.3 cm³/mol. The molecule has 0 aliphatic rings. The first-order valence-electron chi connectivity index (χ1n) is 3.65. The number of rotatable bonds is 4. The molecule has 0 aliphatic heterocycles. The molecule has 0 aromatic carbocycles. The van der Waals surface area contributed by atoms with Crippen molar-refractivity contribution in [1.29, 1.82) is 0 Å². The molecule has 1 rings (SSSR count). The Morgan fingerprint density at radius 3 is 3.00 bits per heavy atom. The Hall–Kier alpha value is -0.300. The summed E-state index contributed by atoms with van der Waals surface area (Å²) in [6.07, 6.45) is 1.83. The van der Waals surface area contributed by atoms with Gasteiger partial charge in [0.25, 0.3) is 0 Å². The number of hydrogen-bond donors (Lipinski definition) is 1. The number of methoxy groups -OCH3 is 1. The number of anilines is 1. The molecule has 0 aliphatic carbocycles. The first kappa shape index (κ1) is 9.79. The molecule has 0 saturated carbocycles. The fraction of sp³-hybridized carbons (Fsp3) is 0.571. The predicted octanol–water partition coefficient (Wildman–Crippen LogP) is 1.08. The van der Waals surface area contributed by atoms with Crippen LogP contribution in [0.4, 0.5) is 5.95 Å². The highest BCUT2D eigenvalue weighted by atomic mass is 127. The van der Waals surface area contributed by atoms with Gasteiger partial charge in [0.15, 0.2) is 0 Å². The average Bonchev–Trinajstić information content (AvgIpc) is 2.36. The minimum Gasteiger partial charge on any atom is -0.383 e. The number of aromatic nitrogens is 2. The Bertz CT molecular complexity index is 249. The van der Waals surface area contributed by atoms with Gasteiger partial charge in [0, 0.05) is 20.7 Å². The lowest BCUT2D eigenvalue weighted by molar-refractivity contribution is 0.210. The van der Waals surface area contributed by atoms with Crippen LogP contribution in [0.25, 0.3) is 0 Å². The lowest BCUT2D eigenvalue weighted by Crippen LogP contribution is -2.11. The Morgan fingerprint density at radius 2 is 2.50 bits per heavy atom. The minimum atomic E-state index is 0.698. The second kappa shape index (κ2) is 4.66. The van der Waals surface area contributed by atoms with Crippen molar-refractivity contribution in [1.82, 2.24) is 9.55 Å². The number of ether oxygens (including phenoxy) is 1. The van der Waals surface area contributed by atoms with Crippen molar-refractivity contribution in [2.24, 2.45) is 7.05 Å². The van der Waals surface area contributed by atoms with Crippen LogP contribution in [0.1, 0.15) is 0 Å². The molecule has 0 bridgehead atoms. The van der Waals surface area contributed by atoms with Gasteiger partial charge in [-0.15, -0.1) is 0 Å². The Kier molecular flexibility index (Phi) is 3.80. The summed E-state index contributed by atoms with van der Waals surface area (Å²) in [5.41, 5.74) is 0. The van der Waals surface area contributed by atoms with Crippen LogP contribution >= 0.6 is 22.6 Å². The molecule has 1 aromatic heterocycles. The largest absolute Gasteiger partial charge is 0.383 e. The summed E-state index contributed by atoms with van der Waals surface area (Å²) < 4.78 is 8.02. The SMILES string of the molecule is COCCNc1ncc(I)n1C. The van der Waals surface area contributed by atoms with Gasteiger partial charge in [-0.1, -0.05) is 0 Å². The van der Waals surface area contributed by atoms with Crippen LogP contribution in [0.3, 0.4) is 0 Å². The average molecular weight is 281 g/mol. The molecule has 5 heteroatoms. The molecule has 0 radical (unpaired) electrons. The van der Waals surface area contributed by atoms with E-state index in [0.29, 0.717) is 6.61 Å². The number of nitrogens with zero attached hydrogens (tertiary/aromatic N) is 2. The molecule has 1 N–H and O–H groups in total. The van der Waals surface area contributed by atoms with Gasteiger partial charge in [-0.2, -0.15) is 0 Å². The molecule has 0 spiro atoms. The second-order valence-corrected chi connectivity index (χ2v) is 3.49. The van der Waals surface area contributed by atoms with Gasteiger partial charge < -0.3 is 14.6 Å². The van der Waals surface area contributed by atoms with Crippen LogP contribution < -0.4 is 5.32 Å². The second-order valence-electron chi connectivity index (χ2n) is 2.38. The van der Waals surface area contributed by atoms with Gasteiger partial charge in [-0.05, 0) is 22.6 Å². The molecule has 0 atom stereocenters. The van der Waals surface area contributed by atoms with E-state index in [1.54, 1.807) is 7.11 Å². The van der Waals surface area contributed by atoms with E-state index < -0.39 is 0 Å². The monoisotopic (exact) mass is 281 g/mol. The summed E-state index contributed by atoms with van der Waals surface area (Å²) in [5, 5.41) is 3.16. The van der Waals surface area contributed by atoms with E-state index in [1.807, 2.05) is 17.8 Å². The number of hydrogen-bond acceptors (Lipinski definition) is 3. The zero-order valence-electron chi connectivity index (χ0n) is 7.17. The summed E-state index contributed by atoms with van der Waals surface area (Å²) in [6.45, 7) is 1.49. The Morgan fingerprint density at radius 1 is 1.75 bits per heavy atom. The third-order valence-corrected chi connectivity index (χ3v) is 2.52. The lowest BCUT2D eigenvalue weighted by Gasteiger charge is -2.04. The number of halogens is 1. The molecule has 68 valence electrons. The maximum absolute atomic E-state index is 4.91. The molecule has 0 unspecified atom stereocenters. The van der Waals surface area contributed by atoms with Crippen molar-refractivity contribution in [3.8, 4) is 0 Å². The van der Waals surface area contributed by atoms with Gasteiger partial charge >= 0.3 is 0 Å². The zero-order valence-corrected chi connectivity index (χ0v) is 9.33. The molecule has 0 fully saturated rings. The van der Waals surface area contributed by atoms with Gasteiger partial charge in [0.1, 0.15) is 3.70 Å². The van der Waals surface area contributed by atoms with Crippen molar-refractivity contribution in [3.05, 3.63) is 9.90 Å². The highest BCUT2D eigenvalue weighted by Gasteiger charge is 2.01. The lowest BCUT2D eigenvalue weighted by atomic mass is 10.7. The smallest absolute Gasteiger partial charge is 0.203 e. The molecule has 4 nitrogen and oxygen atoms in total. The molecule has 1 aromatic rings. The Labute approximate surface area is 85.5 Å². The molecular weight excluding hydrogens is 269 g/mol. The highest BCUT2D eigenvalue weighted by Crippen LogP contribution is 2.09. The van der Waals surface area contributed by atoms with Crippen LogP contribution in [0.5, 0.6) is 0 Å². The van der Waals surface area contributed by atoms with E-state index in [1.165, 1.54) is 0 Å². The van der Waals surface area contributed by atoms with Gasteiger partial charge in [0.2, 0.25) is 5.95 Å². The maximum Gasteiger partial charge on any atom is 0.203 e. The van der Waals surface area contributed by atoms with Crippen molar-refractivity contribution in [3.63, 3.8) is 0 Å². The van der Waals surface area contributed by atoms with Crippen molar-refractivity contribution >= 4 is 28.5 Å². The first-order chi connectivity index (χ1) is 5.75. The van der Waals surface area contributed by atoms with Crippen LogP contribution in [-0.2, 0) is 11.8 Å². The van der Waals surface area contributed by atoms with E-state index in [2.05, 4.69) is 32.9 Å². The number of imidazole rings is 1. The molecule has 0 saturated heterocycles. The fourth-order valence-electron chi connectivity index (χ4n) is 0.818. The van der Waals surface area contributed by atoms with Crippen molar-refractivity contribution in [2.45, 2.75) is 0 Å². The normalized spacial score (nSPS) is 10.2. The van der Waals surface area contributed by atoms with Crippen LogP contribution in [0.2, 0.25) is 0 Å². The summed E-state index contributed by atoms with van der Waals surface area (Å²) in [7, 11) is 3.66. The van der Waals surface area contributed by atoms with Crippen molar-refractivity contribution in [2.75, 3.05) is 25.6 Å². The summed E-state index contributed by atoms with van der Waals surface area (Å²) >= 11 is 2.24. The number of nitrogens with one attached hydrogen (secondary N) is 1. The van der Waals surface area contributed by atoms with E-state index in [4.69, 9.17) is 4.74 Å². The molecular formula is C7H12IN3O. The van der Waals surface area contributed by atoms with Crippen LogP contribution in [-0.4, -0.2) is 29.8 Å². The minimum absolute atomic E-state index is 0.698. The van der Waals surface area contributed by atoms with E-state index >= 15 is 0 Å². The van der Waals surface area contributed by atoms with E-state index in [0.717, 1.165) is 16.2 Å². The summed E-state index contributed by atoms with van der Waals surface area (Å²) in [5.74, 6) is 0.886. The quantitative estimate of drug-likeness (QED) is 0.663. The van der Waals surface area contributed by atoms with Crippen molar-refractivity contribution < 1.29 is 4.74 Å². The highest BCUT2D eigenvalue weighted by molar-refractivity contribution is 14.1. The standard InChI is InChI=1S/C7H12IN3O/c1-11-6(8)5-10-7(11)9-3-4-12-2/h5H,3-4H2,1-2H3,(H,9,10). The third kappa shape index (κ3) is 2.34. The summed E-state index contributed by atoms with van der Waals surface area (Å²) in [6, 6.07) is 0. The van der Waals surface area contributed by atoms with Gasteiger partial charge in [0.05, 0.1) is 12.8 Å². The van der Waals surface area contributed by atoms with Gasteiger partial charge in [-0.25, -0.2) is 4.98 Å². The first-order valence-corrected chi connectivity index (χ1v) is 4.73. The van der Waals surface area contributed by atoms with E-state index in [-0.39, 0.29) is 0 Å². The molecule has 1 heterocycles.